The number of halogens is 1. The lowest BCUT2D eigenvalue weighted by molar-refractivity contribution is -0.130. The first kappa shape index (κ1) is 22.7. The van der Waals surface area contributed by atoms with Crippen LogP contribution in [0.2, 0.25) is 0 Å². The molecule has 136 valence electrons. The van der Waals surface area contributed by atoms with Crippen molar-refractivity contribution in [2.24, 2.45) is 4.99 Å². The lowest BCUT2D eigenvalue weighted by atomic mass is 10.1. The van der Waals surface area contributed by atoms with E-state index in [2.05, 4.69) is 34.7 Å². The number of benzene rings is 1. The van der Waals surface area contributed by atoms with Gasteiger partial charge in [-0.3, -0.25) is 4.79 Å². The minimum Gasteiger partial charge on any atom is -0.357 e. The summed E-state index contributed by atoms with van der Waals surface area (Å²) in [7, 11) is 0. The van der Waals surface area contributed by atoms with Gasteiger partial charge in [-0.2, -0.15) is 0 Å². The quantitative estimate of drug-likeness (QED) is 0.367. The van der Waals surface area contributed by atoms with E-state index in [0.717, 1.165) is 25.6 Å². The highest BCUT2D eigenvalue weighted by Gasteiger charge is 2.09. The molecule has 0 aliphatic heterocycles. The predicted octanol–water partition coefficient (Wildman–Crippen LogP) is 2.93. The molecular weight excluding hydrogens is 415 g/mol. The first-order valence-electron chi connectivity index (χ1n) is 8.46. The molecule has 1 aromatic carbocycles. The summed E-state index contributed by atoms with van der Waals surface area (Å²) in [4.78, 5) is 18.4. The van der Waals surface area contributed by atoms with Crippen molar-refractivity contribution < 1.29 is 4.79 Å². The number of carbonyl (C=O) groups is 1. The average Bonchev–Trinajstić information content (AvgIpc) is 2.55. The molecule has 1 aromatic rings. The fourth-order valence-corrected chi connectivity index (χ4v) is 2.32. The third kappa shape index (κ3) is 7.99. The molecule has 0 atom stereocenters. The van der Waals surface area contributed by atoms with Crippen LogP contribution >= 0.6 is 24.0 Å². The van der Waals surface area contributed by atoms with E-state index in [1.54, 1.807) is 0 Å². The maximum Gasteiger partial charge on any atom is 0.224 e. The molecular formula is C18H31IN4O. The number of hydrogen-bond acceptors (Lipinski definition) is 2. The molecule has 24 heavy (non-hydrogen) atoms. The SMILES string of the molecule is CCNC(=NCc1ccccc1C)NCCC(=O)N(CC)CC.I. The lowest BCUT2D eigenvalue weighted by Crippen LogP contribution is -2.40. The van der Waals surface area contributed by atoms with Gasteiger partial charge in [0.2, 0.25) is 5.91 Å². The summed E-state index contributed by atoms with van der Waals surface area (Å²) in [6.45, 7) is 11.7. The highest BCUT2D eigenvalue weighted by molar-refractivity contribution is 14.0. The third-order valence-corrected chi connectivity index (χ3v) is 3.76. The van der Waals surface area contributed by atoms with E-state index in [-0.39, 0.29) is 29.9 Å². The summed E-state index contributed by atoms with van der Waals surface area (Å²) < 4.78 is 0. The Balaban J connectivity index is 0.00000529. The van der Waals surface area contributed by atoms with Crippen LogP contribution in [0.5, 0.6) is 0 Å². The fourth-order valence-electron chi connectivity index (χ4n) is 2.32. The van der Waals surface area contributed by atoms with Gasteiger partial charge in [-0.1, -0.05) is 24.3 Å². The molecule has 0 aliphatic rings. The number of aryl methyl sites for hydroxylation is 1. The van der Waals surface area contributed by atoms with Crippen molar-refractivity contribution in [3.63, 3.8) is 0 Å². The fraction of sp³-hybridized carbons (Fsp3) is 0.556. The summed E-state index contributed by atoms with van der Waals surface area (Å²) in [5, 5.41) is 6.45. The first-order valence-corrected chi connectivity index (χ1v) is 8.46. The zero-order valence-electron chi connectivity index (χ0n) is 15.3. The smallest absolute Gasteiger partial charge is 0.224 e. The Morgan fingerprint density at radius 3 is 2.38 bits per heavy atom. The van der Waals surface area contributed by atoms with Crippen LogP contribution < -0.4 is 10.6 Å². The molecule has 5 nitrogen and oxygen atoms in total. The Hall–Kier alpha value is -1.31. The molecule has 0 saturated carbocycles. The Labute approximate surface area is 163 Å². The van der Waals surface area contributed by atoms with Crippen LogP contribution in [0.15, 0.2) is 29.3 Å². The van der Waals surface area contributed by atoms with Gasteiger partial charge in [-0.05, 0) is 38.8 Å². The van der Waals surface area contributed by atoms with Gasteiger partial charge in [-0.15, -0.1) is 24.0 Å². The molecule has 0 heterocycles. The van der Waals surface area contributed by atoms with E-state index in [9.17, 15) is 4.79 Å². The molecule has 0 fully saturated rings. The largest absolute Gasteiger partial charge is 0.357 e. The molecule has 0 spiro atoms. The number of rotatable bonds is 8. The van der Waals surface area contributed by atoms with Crippen molar-refractivity contribution in [1.29, 1.82) is 0 Å². The van der Waals surface area contributed by atoms with Crippen molar-refractivity contribution in [1.82, 2.24) is 15.5 Å². The maximum atomic E-state index is 12.0. The number of carbonyl (C=O) groups excluding carboxylic acids is 1. The zero-order valence-corrected chi connectivity index (χ0v) is 17.6. The van der Waals surface area contributed by atoms with E-state index >= 15 is 0 Å². The monoisotopic (exact) mass is 446 g/mol. The minimum atomic E-state index is 0. The molecule has 0 bridgehead atoms. The van der Waals surface area contributed by atoms with Crippen LogP contribution in [-0.4, -0.2) is 42.9 Å². The number of hydrogen-bond donors (Lipinski definition) is 2. The summed E-state index contributed by atoms with van der Waals surface area (Å²) >= 11 is 0. The highest BCUT2D eigenvalue weighted by atomic mass is 127. The Bertz CT molecular complexity index is 515. The molecule has 0 radical (unpaired) electrons. The Morgan fingerprint density at radius 2 is 1.79 bits per heavy atom. The van der Waals surface area contributed by atoms with E-state index in [4.69, 9.17) is 0 Å². The van der Waals surface area contributed by atoms with E-state index in [1.807, 2.05) is 37.8 Å². The van der Waals surface area contributed by atoms with Crippen molar-refractivity contribution in [2.45, 2.75) is 40.7 Å². The number of aliphatic imine (C=N–C) groups is 1. The maximum absolute atomic E-state index is 12.0. The summed E-state index contributed by atoms with van der Waals surface area (Å²) in [6, 6.07) is 8.24. The second-order valence-electron chi connectivity index (χ2n) is 5.36. The van der Waals surface area contributed by atoms with E-state index < -0.39 is 0 Å². The molecule has 6 heteroatoms. The number of amides is 1. The van der Waals surface area contributed by atoms with Crippen LogP contribution in [0.25, 0.3) is 0 Å². The summed E-state index contributed by atoms with van der Waals surface area (Å²) in [5.74, 6) is 0.931. The second-order valence-corrected chi connectivity index (χ2v) is 5.36. The van der Waals surface area contributed by atoms with Gasteiger partial charge in [0.25, 0.3) is 0 Å². The highest BCUT2D eigenvalue weighted by Crippen LogP contribution is 2.07. The van der Waals surface area contributed by atoms with Gasteiger partial charge < -0.3 is 15.5 Å². The van der Waals surface area contributed by atoms with Gasteiger partial charge >= 0.3 is 0 Å². The lowest BCUT2D eigenvalue weighted by Gasteiger charge is -2.19. The van der Waals surface area contributed by atoms with Crippen LogP contribution in [0, 0.1) is 6.92 Å². The summed E-state index contributed by atoms with van der Waals surface area (Å²) in [6.07, 6.45) is 0.483. The Morgan fingerprint density at radius 1 is 1.12 bits per heavy atom. The molecule has 0 aromatic heterocycles. The third-order valence-electron chi connectivity index (χ3n) is 3.76. The molecule has 2 N–H and O–H groups in total. The van der Waals surface area contributed by atoms with Crippen LogP contribution in [-0.2, 0) is 11.3 Å². The van der Waals surface area contributed by atoms with Crippen molar-refractivity contribution in [2.75, 3.05) is 26.2 Å². The van der Waals surface area contributed by atoms with Gasteiger partial charge in [-0.25, -0.2) is 4.99 Å². The van der Waals surface area contributed by atoms with Crippen LogP contribution in [0.4, 0.5) is 0 Å². The van der Waals surface area contributed by atoms with Gasteiger partial charge in [0, 0.05) is 32.6 Å². The summed E-state index contributed by atoms with van der Waals surface area (Å²) in [5.41, 5.74) is 2.45. The number of nitrogens with zero attached hydrogens (tertiary/aromatic N) is 2. The molecule has 1 amide bonds. The van der Waals surface area contributed by atoms with E-state index in [0.29, 0.717) is 19.5 Å². The topological polar surface area (TPSA) is 56.7 Å². The van der Waals surface area contributed by atoms with E-state index in [1.165, 1.54) is 11.1 Å². The van der Waals surface area contributed by atoms with Gasteiger partial charge in [0.05, 0.1) is 6.54 Å². The average molecular weight is 446 g/mol. The molecule has 0 saturated heterocycles. The Kier molecular flexibility index (Phi) is 12.3. The molecule has 0 aliphatic carbocycles. The zero-order chi connectivity index (χ0) is 17.1. The van der Waals surface area contributed by atoms with Gasteiger partial charge in [0.15, 0.2) is 5.96 Å². The number of guanidine groups is 1. The predicted molar refractivity (Wildman–Crippen MR) is 112 cm³/mol. The first-order chi connectivity index (χ1) is 11.1. The molecule has 0 unspecified atom stereocenters. The van der Waals surface area contributed by atoms with Gasteiger partial charge in [0.1, 0.15) is 0 Å². The van der Waals surface area contributed by atoms with Crippen molar-refractivity contribution >= 4 is 35.8 Å². The van der Waals surface area contributed by atoms with Crippen LogP contribution in [0.1, 0.15) is 38.3 Å². The van der Waals surface area contributed by atoms with Crippen LogP contribution in [0.3, 0.4) is 0 Å². The number of nitrogens with one attached hydrogen (secondary N) is 2. The second kappa shape index (κ2) is 13.0. The minimum absolute atomic E-state index is 0. The van der Waals surface area contributed by atoms with Crippen molar-refractivity contribution in [3.8, 4) is 0 Å². The molecule has 1 rings (SSSR count). The van der Waals surface area contributed by atoms with Crippen molar-refractivity contribution in [3.05, 3.63) is 35.4 Å². The normalized spacial score (nSPS) is 10.8. The standard InChI is InChI=1S/C18H30N4O.HI/c1-5-19-18(20-13-12-17(23)22(6-2)7-3)21-14-16-11-9-8-10-15(16)4;/h8-11H,5-7,12-14H2,1-4H3,(H2,19,20,21);1H.